The van der Waals surface area contributed by atoms with E-state index in [1.54, 1.807) is 30.3 Å². The maximum atomic E-state index is 12.6. The highest BCUT2D eigenvalue weighted by molar-refractivity contribution is 5.81. The number of alkyl halides is 3. The SMILES string of the molecule is C=CCC(N)C(=O)N(Cc1ccccc1)CC(F)(F)F. The standard InChI is InChI=1S/C14H17F3N2O/c1-2-6-12(18)13(20)19(10-14(15,16)17)9-11-7-4-3-5-8-11/h2-5,7-8,12H,1,6,9-10,18H2. The van der Waals surface area contributed by atoms with Crippen LogP contribution in [-0.2, 0) is 11.3 Å². The number of nitrogens with two attached hydrogens (primary N) is 1. The van der Waals surface area contributed by atoms with Crippen LogP contribution in [0, 0.1) is 0 Å². The molecule has 0 aliphatic heterocycles. The summed E-state index contributed by atoms with van der Waals surface area (Å²) in [5.74, 6) is -0.730. The minimum atomic E-state index is -4.46. The Kier molecular flexibility index (Phi) is 5.76. The van der Waals surface area contributed by atoms with Gasteiger partial charge in [0.15, 0.2) is 0 Å². The number of halogens is 3. The highest BCUT2D eigenvalue weighted by atomic mass is 19.4. The van der Waals surface area contributed by atoms with Gasteiger partial charge in [-0.25, -0.2) is 0 Å². The summed E-state index contributed by atoms with van der Waals surface area (Å²) < 4.78 is 37.7. The van der Waals surface area contributed by atoms with Crippen molar-refractivity contribution < 1.29 is 18.0 Å². The number of carbonyl (C=O) groups excluding carboxylic acids is 1. The van der Waals surface area contributed by atoms with Gasteiger partial charge in [0.1, 0.15) is 6.54 Å². The molecule has 1 aromatic rings. The number of amides is 1. The van der Waals surface area contributed by atoms with E-state index in [1.165, 1.54) is 6.08 Å². The fourth-order valence-electron chi connectivity index (χ4n) is 1.75. The molecule has 0 bridgehead atoms. The van der Waals surface area contributed by atoms with E-state index in [2.05, 4.69) is 6.58 Å². The molecule has 1 atom stereocenters. The number of benzene rings is 1. The maximum Gasteiger partial charge on any atom is 0.406 e. The first kappa shape index (κ1) is 16.2. The third-order valence-electron chi connectivity index (χ3n) is 2.64. The van der Waals surface area contributed by atoms with Crippen molar-refractivity contribution in [3.63, 3.8) is 0 Å². The predicted molar refractivity (Wildman–Crippen MR) is 70.7 cm³/mol. The first-order valence-corrected chi connectivity index (χ1v) is 6.09. The van der Waals surface area contributed by atoms with E-state index in [0.717, 1.165) is 4.90 Å². The molecule has 0 aromatic heterocycles. The van der Waals surface area contributed by atoms with Crippen molar-refractivity contribution in [2.45, 2.75) is 25.2 Å². The molecule has 0 fully saturated rings. The molecule has 6 heteroatoms. The molecule has 0 saturated heterocycles. The molecule has 1 amide bonds. The van der Waals surface area contributed by atoms with Gasteiger partial charge in [0.05, 0.1) is 6.04 Å². The first-order chi connectivity index (χ1) is 9.33. The molecule has 0 heterocycles. The fraction of sp³-hybridized carbons (Fsp3) is 0.357. The van der Waals surface area contributed by atoms with Gasteiger partial charge in [0.25, 0.3) is 0 Å². The van der Waals surface area contributed by atoms with Gasteiger partial charge in [-0.2, -0.15) is 13.2 Å². The Hall–Kier alpha value is -1.82. The van der Waals surface area contributed by atoms with Crippen LogP contribution in [0.3, 0.4) is 0 Å². The van der Waals surface area contributed by atoms with Gasteiger partial charge in [-0.1, -0.05) is 36.4 Å². The van der Waals surface area contributed by atoms with Crippen LogP contribution in [0.4, 0.5) is 13.2 Å². The molecule has 1 rings (SSSR count). The second-order valence-corrected chi connectivity index (χ2v) is 4.43. The molecule has 20 heavy (non-hydrogen) atoms. The van der Waals surface area contributed by atoms with Gasteiger partial charge in [0, 0.05) is 6.54 Å². The molecular formula is C14H17F3N2O. The van der Waals surface area contributed by atoms with E-state index >= 15 is 0 Å². The Balaban J connectivity index is 2.85. The summed E-state index contributed by atoms with van der Waals surface area (Å²) in [6.45, 7) is 1.99. The van der Waals surface area contributed by atoms with Crippen molar-refractivity contribution >= 4 is 5.91 Å². The van der Waals surface area contributed by atoms with E-state index < -0.39 is 24.7 Å². The minimum absolute atomic E-state index is 0.121. The molecule has 0 radical (unpaired) electrons. The van der Waals surface area contributed by atoms with Gasteiger partial charge in [-0.3, -0.25) is 4.79 Å². The normalized spacial score (nSPS) is 12.8. The third-order valence-corrected chi connectivity index (χ3v) is 2.64. The monoisotopic (exact) mass is 286 g/mol. The predicted octanol–water partition coefficient (Wildman–Crippen LogP) is 2.48. The van der Waals surface area contributed by atoms with Gasteiger partial charge < -0.3 is 10.6 Å². The second kappa shape index (κ2) is 7.09. The minimum Gasteiger partial charge on any atom is -0.328 e. The molecule has 0 saturated carbocycles. The van der Waals surface area contributed by atoms with E-state index in [-0.39, 0.29) is 13.0 Å². The van der Waals surface area contributed by atoms with E-state index in [9.17, 15) is 18.0 Å². The van der Waals surface area contributed by atoms with Gasteiger partial charge in [-0.05, 0) is 12.0 Å². The molecule has 3 nitrogen and oxygen atoms in total. The van der Waals surface area contributed by atoms with Crippen LogP contribution in [0.5, 0.6) is 0 Å². The lowest BCUT2D eigenvalue weighted by Gasteiger charge is -2.26. The second-order valence-electron chi connectivity index (χ2n) is 4.43. The number of carbonyl (C=O) groups is 1. The van der Waals surface area contributed by atoms with E-state index in [0.29, 0.717) is 5.56 Å². The fourth-order valence-corrected chi connectivity index (χ4v) is 1.75. The summed E-state index contributed by atoms with van der Waals surface area (Å²) in [5.41, 5.74) is 6.19. The topological polar surface area (TPSA) is 46.3 Å². The zero-order valence-corrected chi connectivity index (χ0v) is 10.9. The Labute approximate surface area is 115 Å². The Morgan fingerprint density at radius 3 is 2.45 bits per heavy atom. The molecule has 0 aliphatic carbocycles. The highest BCUT2D eigenvalue weighted by Gasteiger charge is 2.34. The van der Waals surface area contributed by atoms with Crippen molar-refractivity contribution in [2.75, 3.05) is 6.54 Å². The Bertz CT molecular complexity index is 445. The van der Waals surface area contributed by atoms with Gasteiger partial charge in [0.2, 0.25) is 5.91 Å². The van der Waals surface area contributed by atoms with Crippen molar-refractivity contribution in [1.82, 2.24) is 4.90 Å². The molecular weight excluding hydrogens is 269 g/mol. The number of hydrogen-bond acceptors (Lipinski definition) is 2. The lowest BCUT2D eigenvalue weighted by Crippen LogP contribution is -2.46. The lowest BCUT2D eigenvalue weighted by atomic mass is 10.1. The molecule has 1 aromatic carbocycles. The molecule has 0 spiro atoms. The van der Waals surface area contributed by atoms with E-state index in [1.807, 2.05) is 0 Å². The van der Waals surface area contributed by atoms with Crippen LogP contribution >= 0.6 is 0 Å². The van der Waals surface area contributed by atoms with Crippen LogP contribution in [-0.4, -0.2) is 29.6 Å². The first-order valence-electron chi connectivity index (χ1n) is 6.09. The Morgan fingerprint density at radius 1 is 1.35 bits per heavy atom. The van der Waals surface area contributed by atoms with Crippen LogP contribution in [0.25, 0.3) is 0 Å². The van der Waals surface area contributed by atoms with Crippen LogP contribution < -0.4 is 5.73 Å². The molecule has 2 N–H and O–H groups in total. The average Bonchev–Trinajstić information content (AvgIpc) is 2.37. The van der Waals surface area contributed by atoms with Gasteiger partial charge in [-0.15, -0.1) is 6.58 Å². The van der Waals surface area contributed by atoms with Crippen LogP contribution in [0.15, 0.2) is 43.0 Å². The Morgan fingerprint density at radius 2 is 1.95 bits per heavy atom. The smallest absolute Gasteiger partial charge is 0.328 e. The lowest BCUT2D eigenvalue weighted by molar-refractivity contribution is -0.163. The maximum absolute atomic E-state index is 12.6. The van der Waals surface area contributed by atoms with Crippen molar-refractivity contribution in [1.29, 1.82) is 0 Å². The van der Waals surface area contributed by atoms with Crippen molar-refractivity contribution in [3.8, 4) is 0 Å². The van der Waals surface area contributed by atoms with Crippen LogP contribution in [0.2, 0.25) is 0 Å². The summed E-state index contributed by atoms with van der Waals surface area (Å²) in [6.07, 6.45) is -2.91. The summed E-state index contributed by atoms with van der Waals surface area (Å²) in [6, 6.07) is 7.48. The summed E-state index contributed by atoms with van der Waals surface area (Å²) in [7, 11) is 0. The summed E-state index contributed by atoms with van der Waals surface area (Å²) in [4.78, 5) is 12.7. The van der Waals surface area contributed by atoms with Crippen LogP contribution in [0.1, 0.15) is 12.0 Å². The molecule has 0 aliphatic rings. The van der Waals surface area contributed by atoms with E-state index in [4.69, 9.17) is 5.73 Å². The summed E-state index contributed by atoms with van der Waals surface area (Å²) >= 11 is 0. The quantitative estimate of drug-likeness (QED) is 0.817. The number of nitrogens with zero attached hydrogens (tertiary/aromatic N) is 1. The zero-order valence-electron chi connectivity index (χ0n) is 10.9. The van der Waals surface area contributed by atoms with Crippen molar-refractivity contribution in [2.24, 2.45) is 5.73 Å². The number of hydrogen-bond donors (Lipinski definition) is 1. The van der Waals surface area contributed by atoms with Gasteiger partial charge >= 0.3 is 6.18 Å². The number of rotatable bonds is 6. The van der Waals surface area contributed by atoms with Crippen molar-refractivity contribution in [3.05, 3.63) is 48.6 Å². The largest absolute Gasteiger partial charge is 0.406 e. The third kappa shape index (κ3) is 5.44. The average molecular weight is 286 g/mol. The molecule has 110 valence electrons. The summed E-state index contributed by atoms with van der Waals surface area (Å²) in [5, 5.41) is 0. The molecule has 1 unspecified atom stereocenters. The zero-order chi connectivity index (χ0) is 15.2. The highest BCUT2D eigenvalue weighted by Crippen LogP contribution is 2.19.